The Kier molecular flexibility index (Phi) is 3.69. The van der Waals surface area contributed by atoms with Gasteiger partial charge in [0.1, 0.15) is 0 Å². The van der Waals surface area contributed by atoms with Gasteiger partial charge in [-0.1, -0.05) is 78.4 Å². The van der Waals surface area contributed by atoms with Gasteiger partial charge in [-0.05, 0) is 18.1 Å². The predicted molar refractivity (Wildman–Crippen MR) is 79.5 cm³/mol. The lowest BCUT2D eigenvalue weighted by molar-refractivity contribution is 1.00. The first-order valence-electron chi connectivity index (χ1n) is 6.72. The van der Waals surface area contributed by atoms with Crippen LogP contribution in [0.5, 0.6) is 0 Å². The van der Waals surface area contributed by atoms with Crippen molar-refractivity contribution in [3.63, 3.8) is 0 Å². The summed E-state index contributed by atoms with van der Waals surface area (Å²) in [6.45, 7) is 3.49. The number of benzene rings is 2. The number of hydrogen-bond acceptors (Lipinski definition) is 0. The van der Waals surface area contributed by atoms with Crippen molar-refractivity contribution < 1.29 is 1.37 Å². The maximum atomic E-state index is 7.35. The normalized spacial score (nSPS) is 14.5. The van der Waals surface area contributed by atoms with E-state index in [1.165, 1.54) is 23.3 Å². The molecule has 18 heavy (non-hydrogen) atoms. The molecule has 0 amide bonds. The molecule has 0 heterocycles. The lowest BCUT2D eigenvalue weighted by Crippen LogP contribution is -1.96. The molecule has 0 radical (unpaired) electrons. The second-order valence-corrected chi connectivity index (χ2v) is 4.38. The van der Waals surface area contributed by atoms with Crippen molar-refractivity contribution in [3.8, 4) is 0 Å². The lowest BCUT2D eigenvalue weighted by Gasteiger charge is -2.14. The van der Waals surface area contributed by atoms with Crippen molar-refractivity contribution in [2.24, 2.45) is 0 Å². The molecule has 0 fully saturated rings. The van der Waals surface area contributed by atoms with E-state index in [-0.39, 0.29) is 5.92 Å². The third kappa shape index (κ3) is 2.98. The molecular weight excluding hydrogens is 216 g/mol. The smallest absolute Gasteiger partial charge is 0.0535 e. The van der Waals surface area contributed by atoms with Gasteiger partial charge < -0.3 is 0 Å². The predicted octanol–water partition coefficient (Wildman–Crippen LogP) is 5.06. The van der Waals surface area contributed by atoms with Crippen LogP contribution in [0.3, 0.4) is 0 Å². The maximum absolute atomic E-state index is 7.35. The molecule has 0 saturated heterocycles. The minimum atomic E-state index is 0.166. The Morgan fingerprint density at radius 1 is 1.06 bits per heavy atom. The van der Waals surface area contributed by atoms with E-state index in [0.717, 1.165) is 0 Å². The van der Waals surface area contributed by atoms with Crippen LogP contribution in [0, 0.1) is 0 Å². The lowest BCUT2D eigenvalue weighted by atomic mass is 9.91. The van der Waals surface area contributed by atoms with Crippen LogP contribution in [0.1, 0.15) is 25.3 Å². The Bertz CT molecular complexity index is 553. The van der Waals surface area contributed by atoms with Gasteiger partial charge in [-0.2, -0.15) is 0 Å². The Hall–Kier alpha value is -2.08. The van der Waals surface area contributed by atoms with Crippen LogP contribution in [0.25, 0.3) is 6.08 Å². The van der Waals surface area contributed by atoms with Gasteiger partial charge in [-0.25, -0.2) is 0 Å². The van der Waals surface area contributed by atoms with E-state index in [2.05, 4.69) is 37.3 Å². The van der Waals surface area contributed by atoms with E-state index >= 15 is 0 Å². The van der Waals surface area contributed by atoms with E-state index in [0.29, 0.717) is 0 Å². The Morgan fingerprint density at radius 3 is 2.28 bits per heavy atom. The second-order valence-electron chi connectivity index (χ2n) is 4.38. The summed E-state index contributed by atoms with van der Waals surface area (Å²) in [4.78, 5) is 0. The van der Waals surface area contributed by atoms with Gasteiger partial charge in [0.05, 0.1) is 1.37 Å². The fraction of sp³-hybridized carbons (Fsp3) is 0.111. The van der Waals surface area contributed by atoms with E-state index in [4.69, 9.17) is 1.37 Å². The fourth-order valence-corrected chi connectivity index (χ4v) is 2.09. The number of rotatable bonds is 4. The summed E-state index contributed by atoms with van der Waals surface area (Å²) < 4.78 is 7.35. The molecule has 1 unspecified atom stereocenters. The molecule has 90 valence electrons. The molecule has 0 spiro atoms. The topological polar surface area (TPSA) is 0 Å². The fourth-order valence-electron chi connectivity index (χ4n) is 2.09. The maximum Gasteiger partial charge on any atom is 0.0535 e. The molecule has 0 aromatic heterocycles. The van der Waals surface area contributed by atoms with Gasteiger partial charge >= 0.3 is 0 Å². The molecule has 0 N–H and O–H groups in total. The van der Waals surface area contributed by atoms with E-state index in [9.17, 15) is 0 Å². The molecule has 2 aromatic carbocycles. The van der Waals surface area contributed by atoms with Crippen LogP contribution in [-0.2, 0) is 0 Å². The van der Waals surface area contributed by atoms with Gasteiger partial charge in [0.2, 0.25) is 0 Å². The van der Waals surface area contributed by atoms with Gasteiger partial charge in [0, 0.05) is 5.92 Å². The summed E-state index contributed by atoms with van der Waals surface area (Å²) in [6, 6.07) is 20.6. The summed E-state index contributed by atoms with van der Waals surface area (Å²) in [6.07, 6.45) is 4.10. The van der Waals surface area contributed by atoms with E-state index in [1.807, 2.05) is 42.5 Å². The monoisotopic (exact) mass is 235 g/mol. The summed E-state index contributed by atoms with van der Waals surface area (Å²) in [5.74, 6) is 0.166. The molecule has 0 aliphatic carbocycles. The highest BCUT2D eigenvalue weighted by atomic mass is 14.1. The van der Waals surface area contributed by atoms with Crippen molar-refractivity contribution >= 4 is 6.08 Å². The SMILES string of the molecule is [2H]/C=C\C(/C(C)=C/c1ccccc1)c1ccccc1. The molecular formula is C18H18. The molecule has 0 saturated carbocycles. The Morgan fingerprint density at radius 2 is 1.67 bits per heavy atom. The zero-order chi connectivity index (χ0) is 13.5. The Labute approximate surface area is 111 Å². The molecule has 2 rings (SSSR count). The highest BCUT2D eigenvalue weighted by molar-refractivity contribution is 5.55. The number of hydrogen-bond donors (Lipinski definition) is 0. The van der Waals surface area contributed by atoms with Crippen molar-refractivity contribution in [3.05, 3.63) is 90.0 Å². The molecule has 0 bridgehead atoms. The van der Waals surface area contributed by atoms with Crippen molar-refractivity contribution in [1.82, 2.24) is 0 Å². The van der Waals surface area contributed by atoms with Crippen molar-refractivity contribution in [1.29, 1.82) is 0 Å². The summed E-state index contributed by atoms with van der Waals surface area (Å²) in [5.41, 5.74) is 3.65. The summed E-state index contributed by atoms with van der Waals surface area (Å²) >= 11 is 0. The van der Waals surface area contributed by atoms with Crippen LogP contribution in [-0.4, -0.2) is 0 Å². The average Bonchev–Trinajstić information content (AvgIpc) is 2.46. The van der Waals surface area contributed by atoms with Gasteiger partial charge in [-0.15, -0.1) is 6.55 Å². The first-order chi connectivity index (χ1) is 9.31. The summed E-state index contributed by atoms with van der Waals surface area (Å²) in [5, 5.41) is 0. The van der Waals surface area contributed by atoms with Crippen LogP contribution < -0.4 is 0 Å². The largest absolute Gasteiger partial charge is 0.102 e. The highest BCUT2D eigenvalue weighted by Crippen LogP contribution is 2.26. The Balaban J connectivity index is 2.32. The molecule has 0 aliphatic heterocycles. The second kappa shape index (κ2) is 6.02. The van der Waals surface area contributed by atoms with Crippen LogP contribution in [0.2, 0.25) is 0 Å². The minimum Gasteiger partial charge on any atom is -0.102 e. The molecule has 0 nitrogen and oxygen atoms in total. The molecule has 1 atom stereocenters. The average molecular weight is 235 g/mol. The molecule has 0 aliphatic rings. The quantitative estimate of drug-likeness (QED) is 0.650. The first-order valence-corrected chi connectivity index (χ1v) is 6.14. The van der Waals surface area contributed by atoms with Crippen molar-refractivity contribution in [2.45, 2.75) is 12.8 Å². The zero-order valence-corrected chi connectivity index (χ0v) is 10.6. The third-order valence-corrected chi connectivity index (χ3v) is 3.04. The highest BCUT2D eigenvalue weighted by Gasteiger charge is 2.08. The van der Waals surface area contributed by atoms with Gasteiger partial charge in [0.15, 0.2) is 0 Å². The minimum absolute atomic E-state index is 0.166. The summed E-state index contributed by atoms with van der Waals surface area (Å²) in [7, 11) is 0. The molecule has 0 heteroatoms. The van der Waals surface area contributed by atoms with Gasteiger partial charge in [-0.3, -0.25) is 0 Å². The number of allylic oxidation sites excluding steroid dienone is 2. The molecule has 2 aromatic rings. The first kappa shape index (κ1) is 11.0. The standard InChI is InChI=1S/C18H18/c1-3-18(17-12-8-5-9-13-17)15(2)14-16-10-6-4-7-11-16/h3-14,18H,1H2,2H3/b15-14+/i1D/b3-1-,15-14+. The van der Waals surface area contributed by atoms with Crippen LogP contribution in [0.4, 0.5) is 0 Å². The van der Waals surface area contributed by atoms with Crippen LogP contribution in [0.15, 0.2) is 78.9 Å². The van der Waals surface area contributed by atoms with Crippen LogP contribution >= 0.6 is 0 Å². The van der Waals surface area contributed by atoms with E-state index in [1.54, 1.807) is 0 Å². The van der Waals surface area contributed by atoms with Gasteiger partial charge in [0.25, 0.3) is 0 Å². The third-order valence-electron chi connectivity index (χ3n) is 3.04. The van der Waals surface area contributed by atoms with Crippen molar-refractivity contribution in [2.75, 3.05) is 0 Å². The zero-order valence-electron chi connectivity index (χ0n) is 11.6. The van der Waals surface area contributed by atoms with E-state index < -0.39 is 0 Å².